The van der Waals surface area contributed by atoms with Crippen LogP contribution in [0.1, 0.15) is 6.92 Å². The molecule has 8 heteroatoms. The first-order valence-corrected chi connectivity index (χ1v) is 6.13. The van der Waals surface area contributed by atoms with Crippen molar-refractivity contribution in [2.75, 3.05) is 0 Å². The molecule has 0 atom stereocenters. The van der Waals surface area contributed by atoms with E-state index in [4.69, 9.17) is 44.6 Å². The summed E-state index contributed by atoms with van der Waals surface area (Å²) in [4.78, 5) is 17.1. The molecule has 0 heterocycles. The third kappa shape index (κ3) is 7.01. The zero-order valence-corrected chi connectivity index (χ0v) is 10.7. The molecule has 0 saturated carbocycles. The van der Waals surface area contributed by atoms with E-state index >= 15 is 0 Å². The van der Waals surface area contributed by atoms with Crippen molar-refractivity contribution in [2.45, 2.75) is 6.92 Å². The van der Waals surface area contributed by atoms with Crippen molar-refractivity contribution in [1.82, 2.24) is 0 Å². The maximum Gasteiger partial charge on any atom is 0.524 e. The van der Waals surface area contributed by atoms with Crippen LogP contribution < -0.4 is 0 Å². The number of phosphoric ester groups is 1. The minimum absolute atomic E-state index is 0.0434. The maximum atomic E-state index is 10.5. The molecule has 0 bridgehead atoms. The van der Waals surface area contributed by atoms with Crippen molar-refractivity contribution >= 4 is 42.6 Å². The number of hydrogen-bond donors (Lipinski definition) is 2. The van der Waals surface area contributed by atoms with Crippen LogP contribution in [0.15, 0.2) is 33.5 Å². The minimum atomic E-state index is -4.70. The summed E-state index contributed by atoms with van der Waals surface area (Å²) < 4.78 is 14.8. The topological polar surface area (TPSA) is 66.8 Å². The first-order chi connectivity index (χ1) is 6.63. The zero-order chi connectivity index (χ0) is 12.2. The van der Waals surface area contributed by atoms with Gasteiger partial charge in [0.15, 0.2) is 5.76 Å². The van der Waals surface area contributed by atoms with Crippen molar-refractivity contribution in [1.29, 1.82) is 0 Å². The standard InChI is InChI=1S/C7H8Cl3O4P/c1-4(8)6(10)3-7(5(2)9)14-15(11,12)13/h3H,2H2,1H3,(H2,11,12,13)/b6-4-,7-3+. The monoisotopic (exact) mass is 292 g/mol. The molecule has 4 nitrogen and oxygen atoms in total. The quantitative estimate of drug-likeness (QED) is 0.473. The van der Waals surface area contributed by atoms with Gasteiger partial charge in [-0.15, -0.1) is 0 Å². The van der Waals surface area contributed by atoms with Gasteiger partial charge in [0.25, 0.3) is 0 Å². The predicted octanol–water partition coefficient (Wildman–Crippen LogP) is 3.44. The summed E-state index contributed by atoms with van der Waals surface area (Å²) in [6.07, 6.45) is 1.07. The Bertz CT molecular complexity index is 364. The van der Waals surface area contributed by atoms with Gasteiger partial charge >= 0.3 is 7.82 Å². The number of halogens is 3. The van der Waals surface area contributed by atoms with E-state index in [2.05, 4.69) is 11.1 Å². The molecule has 2 N–H and O–H groups in total. The third-order valence-electron chi connectivity index (χ3n) is 1.07. The number of hydrogen-bond acceptors (Lipinski definition) is 2. The molecule has 0 rings (SSSR count). The number of phosphoric acid groups is 1. The fourth-order valence-electron chi connectivity index (χ4n) is 0.497. The van der Waals surface area contributed by atoms with Crippen LogP contribution in [0, 0.1) is 0 Å². The smallest absolute Gasteiger partial charge is 0.403 e. The Kier molecular flexibility index (Phi) is 5.96. The van der Waals surface area contributed by atoms with Gasteiger partial charge in [-0.1, -0.05) is 41.4 Å². The molecule has 0 radical (unpaired) electrons. The van der Waals surface area contributed by atoms with Crippen LogP contribution in [0.2, 0.25) is 0 Å². The molecule has 15 heavy (non-hydrogen) atoms. The lowest BCUT2D eigenvalue weighted by Crippen LogP contribution is -1.90. The second-order valence-corrected chi connectivity index (χ2v) is 4.97. The second kappa shape index (κ2) is 5.94. The highest BCUT2D eigenvalue weighted by molar-refractivity contribution is 7.46. The van der Waals surface area contributed by atoms with Crippen molar-refractivity contribution in [3.63, 3.8) is 0 Å². The van der Waals surface area contributed by atoms with Crippen LogP contribution >= 0.6 is 42.6 Å². The highest BCUT2D eigenvalue weighted by Gasteiger charge is 2.19. The molecule has 0 unspecified atom stereocenters. The van der Waals surface area contributed by atoms with Gasteiger partial charge < -0.3 is 4.52 Å². The lowest BCUT2D eigenvalue weighted by atomic mass is 10.4. The molecule has 0 aromatic carbocycles. The fraction of sp³-hybridized carbons (Fsp3) is 0.143. The molecule has 0 saturated heterocycles. The molecule has 0 fully saturated rings. The molecule has 0 aliphatic rings. The van der Waals surface area contributed by atoms with E-state index in [1.54, 1.807) is 0 Å². The molecule has 0 amide bonds. The van der Waals surface area contributed by atoms with Crippen molar-refractivity contribution in [3.8, 4) is 0 Å². The molecular formula is C7H8Cl3O4P. The summed E-state index contributed by atoms with van der Waals surface area (Å²) in [6.45, 7) is 4.75. The Balaban J connectivity index is 5.09. The van der Waals surface area contributed by atoms with Crippen LogP contribution in [0.5, 0.6) is 0 Å². The third-order valence-corrected chi connectivity index (χ3v) is 2.39. The number of allylic oxidation sites excluding steroid dienone is 4. The highest BCUT2D eigenvalue weighted by atomic mass is 35.5. The van der Waals surface area contributed by atoms with Gasteiger partial charge in [0.1, 0.15) is 0 Å². The van der Waals surface area contributed by atoms with E-state index in [-0.39, 0.29) is 20.9 Å². The first kappa shape index (κ1) is 15.0. The van der Waals surface area contributed by atoms with Gasteiger partial charge in [-0.2, -0.15) is 0 Å². The molecule has 0 aromatic heterocycles. The van der Waals surface area contributed by atoms with Crippen LogP contribution in [0.3, 0.4) is 0 Å². The zero-order valence-electron chi connectivity index (χ0n) is 7.58. The van der Waals surface area contributed by atoms with Crippen LogP contribution in [0.4, 0.5) is 0 Å². The van der Waals surface area contributed by atoms with Crippen LogP contribution in [-0.4, -0.2) is 9.79 Å². The predicted molar refractivity (Wildman–Crippen MR) is 60.6 cm³/mol. The highest BCUT2D eigenvalue weighted by Crippen LogP contribution is 2.41. The lowest BCUT2D eigenvalue weighted by molar-refractivity contribution is 0.247. The summed E-state index contributed by atoms with van der Waals surface area (Å²) >= 11 is 16.6. The summed E-state index contributed by atoms with van der Waals surface area (Å²) in [5, 5.41) is 0.0673. The average molecular weight is 293 g/mol. The minimum Gasteiger partial charge on any atom is -0.403 e. The van der Waals surface area contributed by atoms with Gasteiger partial charge in [0.05, 0.1) is 10.1 Å². The summed E-state index contributed by atoms with van der Waals surface area (Å²) in [7, 11) is -4.70. The van der Waals surface area contributed by atoms with Gasteiger partial charge in [-0.3, -0.25) is 9.79 Å². The van der Waals surface area contributed by atoms with E-state index in [9.17, 15) is 4.57 Å². The molecular weight excluding hydrogens is 285 g/mol. The maximum absolute atomic E-state index is 10.5. The van der Waals surface area contributed by atoms with Crippen molar-refractivity contribution < 1.29 is 18.9 Å². The SMILES string of the molecule is C=C(Cl)/C(=C\C(Cl)=C(/C)Cl)OP(=O)(O)O. The largest absolute Gasteiger partial charge is 0.524 e. The molecule has 0 spiro atoms. The van der Waals surface area contributed by atoms with E-state index < -0.39 is 7.82 Å². The Labute approximate surface area is 102 Å². The Morgan fingerprint density at radius 1 is 1.40 bits per heavy atom. The summed E-state index contributed by atoms with van der Waals surface area (Å²) in [6, 6.07) is 0. The second-order valence-electron chi connectivity index (χ2n) is 2.38. The van der Waals surface area contributed by atoms with E-state index in [1.807, 2.05) is 0 Å². The van der Waals surface area contributed by atoms with Gasteiger partial charge in [-0.05, 0) is 6.92 Å². The van der Waals surface area contributed by atoms with Gasteiger partial charge in [-0.25, -0.2) is 4.57 Å². The van der Waals surface area contributed by atoms with Gasteiger partial charge in [0, 0.05) is 11.1 Å². The summed E-state index contributed by atoms with van der Waals surface area (Å²) in [5.74, 6) is -0.338. The Hall–Kier alpha value is 0.0400. The van der Waals surface area contributed by atoms with E-state index in [1.165, 1.54) is 6.92 Å². The first-order valence-electron chi connectivity index (χ1n) is 3.47. The molecule has 0 aromatic rings. The van der Waals surface area contributed by atoms with Crippen LogP contribution in [-0.2, 0) is 9.09 Å². The van der Waals surface area contributed by atoms with Crippen molar-refractivity contribution in [3.05, 3.63) is 33.5 Å². The number of rotatable bonds is 4. The van der Waals surface area contributed by atoms with E-state index in [0.29, 0.717) is 0 Å². The fourth-order valence-corrected chi connectivity index (χ4v) is 1.22. The van der Waals surface area contributed by atoms with E-state index in [0.717, 1.165) is 6.08 Å². The molecule has 0 aliphatic carbocycles. The van der Waals surface area contributed by atoms with Crippen molar-refractivity contribution in [2.24, 2.45) is 0 Å². The Morgan fingerprint density at radius 2 is 1.87 bits per heavy atom. The normalized spacial score (nSPS) is 14.7. The molecule has 0 aliphatic heterocycles. The molecule has 86 valence electrons. The summed E-state index contributed by atoms with van der Waals surface area (Å²) in [5.41, 5.74) is 0. The average Bonchev–Trinajstić information content (AvgIpc) is 1.99. The lowest BCUT2D eigenvalue weighted by Gasteiger charge is -2.09. The Morgan fingerprint density at radius 3 is 2.13 bits per heavy atom. The van der Waals surface area contributed by atoms with Crippen LogP contribution in [0.25, 0.3) is 0 Å². The van der Waals surface area contributed by atoms with Gasteiger partial charge in [0.2, 0.25) is 0 Å².